The van der Waals surface area contributed by atoms with Gasteiger partial charge in [-0.25, -0.2) is 0 Å². The molecular weight excluding hydrogens is 148 g/mol. The maximum atomic E-state index is 10.2. The van der Waals surface area contributed by atoms with E-state index in [4.69, 9.17) is 11.5 Å². The number of pyridine rings is 1. The van der Waals surface area contributed by atoms with Gasteiger partial charge in [-0.05, 0) is 16.0 Å². The number of nitro groups is 1. The minimum absolute atomic E-state index is 0.0185. The van der Waals surface area contributed by atoms with Gasteiger partial charge in [0.1, 0.15) is 5.69 Å². The van der Waals surface area contributed by atoms with Crippen LogP contribution in [0.2, 0.25) is 0 Å². The van der Waals surface area contributed by atoms with Gasteiger partial charge in [-0.1, -0.05) is 0 Å². The van der Waals surface area contributed by atoms with Crippen LogP contribution in [0.15, 0.2) is 12.3 Å². The van der Waals surface area contributed by atoms with E-state index in [1.54, 1.807) is 0 Å². The first-order valence-corrected chi connectivity index (χ1v) is 2.76. The Labute approximate surface area is 62.0 Å². The highest BCUT2D eigenvalue weighted by atomic mass is 16.6. The standard InChI is InChI=1S/C5H6N4O2/c6-3-1-4(7)5(8-2-3)9(10)11/h1-2H,6-7H2. The fourth-order valence-electron chi connectivity index (χ4n) is 0.644. The Kier molecular flexibility index (Phi) is 1.59. The molecule has 4 N–H and O–H groups in total. The summed E-state index contributed by atoms with van der Waals surface area (Å²) in [5.41, 5.74) is 10.8. The molecule has 0 bridgehead atoms. The SMILES string of the molecule is Nc1cnc([N+](=O)[O-])c(N)c1. The lowest BCUT2D eigenvalue weighted by Gasteiger charge is -1.95. The van der Waals surface area contributed by atoms with Crippen LogP contribution in [-0.2, 0) is 0 Å². The second-order valence-corrected chi connectivity index (χ2v) is 1.94. The first kappa shape index (κ1) is 7.26. The average Bonchev–Trinajstić information content (AvgIpc) is 1.85. The molecule has 0 fully saturated rings. The van der Waals surface area contributed by atoms with Crippen LogP contribution >= 0.6 is 0 Å². The van der Waals surface area contributed by atoms with Gasteiger partial charge in [0.05, 0.1) is 5.69 Å². The summed E-state index contributed by atoms with van der Waals surface area (Å²) >= 11 is 0. The Morgan fingerprint density at radius 2 is 2.18 bits per heavy atom. The number of rotatable bonds is 1. The van der Waals surface area contributed by atoms with Crippen molar-refractivity contribution >= 4 is 17.2 Å². The summed E-state index contributed by atoms with van der Waals surface area (Å²) in [4.78, 5) is 12.9. The van der Waals surface area contributed by atoms with Gasteiger partial charge in [-0.2, -0.15) is 0 Å². The van der Waals surface area contributed by atoms with Crippen molar-refractivity contribution in [1.29, 1.82) is 0 Å². The monoisotopic (exact) mass is 154 g/mol. The third-order valence-corrected chi connectivity index (χ3v) is 1.09. The molecule has 0 unspecified atom stereocenters. The molecule has 0 spiro atoms. The van der Waals surface area contributed by atoms with E-state index < -0.39 is 4.92 Å². The second-order valence-electron chi connectivity index (χ2n) is 1.94. The average molecular weight is 154 g/mol. The molecule has 0 amide bonds. The molecule has 0 saturated carbocycles. The Bertz CT molecular complexity index is 299. The van der Waals surface area contributed by atoms with Gasteiger partial charge in [0.2, 0.25) is 0 Å². The van der Waals surface area contributed by atoms with Crippen LogP contribution in [0.5, 0.6) is 0 Å². The van der Waals surface area contributed by atoms with Crippen molar-refractivity contribution < 1.29 is 4.92 Å². The predicted octanol–water partition coefficient (Wildman–Crippen LogP) is 0.154. The lowest BCUT2D eigenvalue weighted by Crippen LogP contribution is -1.99. The van der Waals surface area contributed by atoms with Gasteiger partial charge < -0.3 is 21.6 Å². The van der Waals surface area contributed by atoms with Crippen LogP contribution in [0.25, 0.3) is 0 Å². The van der Waals surface area contributed by atoms with Gasteiger partial charge in [0, 0.05) is 0 Å². The number of nitrogens with zero attached hydrogens (tertiary/aromatic N) is 2. The number of nitrogen functional groups attached to an aromatic ring is 2. The van der Waals surface area contributed by atoms with Crippen molar-refractivity contribution in [3.63, 3.8) is 0 Å². The van der Waals surface area contributed by atoms with E-state index in [9.17, 15) is 10.1 Å². The summed E-state index contributed by atoms with van der Waals surface area (Å²) in [7, 11) is 0. The van der Waals surface area contributed by atoms with E-state index in [-0.39, 0.29) is 11.5 Å². The molecule has 0 aliphatic carbocycles. The van der Waals surface area contributed by atoms with Gasteiger partial charge in [-0.15, -0.1) is 0 Å². The fourth-order valence-corrected chi connectivity index (χ4v) is 0.644. The zero-order valence-corrected chi connectivity index (χ0v) is 5.52. The molecule has 0 aliphatic heterocycles. The third kappa shape index (κ3) is 1.34. The summed E-state index contributed by atoms with van der Waals surface area (Å²) in [6.45, 7) is 0. The van der Waals surface area contributed by atoms with Gasteiger partial charge >= 0.3 is 5.82 Å². The maximum Gasteiger partial charge on any atom is 0.386 e. The molecule has 0 aliphatic rings. The Hall–Kier alpha value is -1.85. The number of hydrogen-bond acceptors (Lipinski definition) is 5. The van der Waals surface area contributed by atoms with E-state index in [0.29, 0.717) is 5.69 Å². The normalized spacial score (nSPS) is 9.45. The first-order chi connectivity index (χ1) is 5.11. The van der Waals surface area contributed by atoms with Crippen LogP contribution < -0.4 is 11.5 Å². The van der Waals surface area contributed by atoms with E-state index >= 15 is 0 Å². The topological polar surface area (TPSA) is 108 Å². The summed E-state index contributed by atoms with van der Waals surface area (Å²) in [6, 6.07) is 1.30. The highest BCUT2D eigenvalue weighted by molar-refractivity contribution is 5.59. The molecule has 1 aromatic rings. The van der Waals surface area contributed by atoms with Crippen molar-refractivity contribution in [2.24, 2.45) is 0 Å². The van der Waals surface area contributed by atoms with E-state index in [2.05, 4.69) is 4.98 Å². The zero-order valence-electron chi connectivity index (χ0n) is 5.52. The summed E-state index contributed by atoms with van der Waals surface area (Å²) in [5.74, 6) is -0.362. The summed E-state index contributed by atoms with van der Waals surface area (Å²) in [5, 5.41) is 10.2. The minimum atomic E-state index is -0.658. The molecular formula is C5H6N4O2. The first-order valence-electron chi connectivity index (χ1n) is 2.76. The van der Waals surface area contributed by atoms with Crippen LogP contribution in [0.1, 0.15) is 0 Å². The quantitative estimate of drug-likeness (QED) is 0.442. The van der Waals surface area contributed by atoms with Crippen molar-refractivity contribution in [3.05, 3.63) is 22.4 Å². The van der Waals surface area contributed by atoms with E-state index in [0.717, 1.165) is 0 Å². The number of anilines is 2. The summed E-state index contributed by atoms with van der Waals surface area (Å²) in [6.07, 6.45) is 1.19. The smallest absolute Gasteiger partial charge is 0.386 e. The third-order valence-electron chi connectivity index (χ3n) is 1.09. The van der Waals surface area contributed by atoms with Crippen LogP contribution in [0, 0.1) is 10.1 Å². The molecule has 0 aromatic carbocycles. The molecule has 6 nitrogen and oxygen atoms in total. The molecule has 1 aromatic heterocycles. The Morgan fingerprint density at radius 1 is 1.55 bits per heavy atom. The summed E-state index contributed by atoms with van der Waals surface area (Å²) < 4.78 is 0. The predicted molar refractivity (Wildman–Crippen MR) is 39.7 cm³/mol. The lowest BCUT2D eigenvalue weighted by molar-refractivity contribution is -0.388. The Morgan fingerprint density at radius 3 is 2.64 bits per heavy atom. The number of aromatic nitrogens is 1. The highest BCUT2D eigenvalue weighted by Gasteiger charge is 2.11. The molecule has 1 heterocycles. The molecule has 6 heteroatoms. The molecule has 0 radical (unpaired) electrons. The van der Waals surface area contributed by atoms with E-state index in [1.807, 2.05) is 0 Å². The molecule has 11 heavy (non-hydrogen) atoms. The molecule has 1 rings (SSSR count). The maximum absolute atomic E-state index is 10.2. The second kappa shape index (κ2) is 2.41. The molecule has 0 saturated heterocycles. The number of nitrogens with two attached hydrogens (primary N) is 2. The van der Waals surface area contributed by atoms with Crippen molar-refractivity contribution in [1.82, 2.24) is 4.98 Å². The van der Waals surface area contributed by atoms with Gasteiger partial charge in [0.25, 0.3) is 0 Å². The van der Waals surface area contributed by atoms with Gasteiger partial charge in [0.15, 0.2) is 6.20 Å². The van der Waals surface area contributed by atoms with Crippen LogP contribution in [0.3, 0.4) is 0 Å². The Balaban J connectivity index is 3.20. The van der Waals surface area contributed by atoms with Gasteiger partial charge in [-0.3, -0.25) is 0 Å². The van der Waals surface area contributed by atoms with Crippen LogP contribution in [-0.4, -0.2) is 9.91 Å². The van der Waals surface area contributed by atoms with Crippen LogP contribution in [0.4, 0.5) is 17.2 Å². The van der Waals surface area contributed by atoms with Crippen molar-refractivity contribution in [3.8, 4) is 0 Å². The minimum Gasteiger partial charge on any atom is -0.396 e. The lowest BCUT2D eigenvalue weighted by atomic mass is 10.3. The molecule has 58 valence electrons. The fraction of sp³-hybridized carbons (Fsp3) is 0. The van der Waals surface area contributed by atoms with Crippen molar-refractivity contribution in [2.45, 2.75) is 0 Å². The molecule has 0 atom stereocenters. The highest BCUT2D eigenvalue weighted by Crippen LogP contribution is 2.18. The van der Waals surface area contributed by atoms with E-state index in [1.165, 1.54) is 12.3 Å². The van der Waals surface area contributed by atoms with Crippen molar-refractivity contribution in [2.75, 3.05) is 11.5 Å². The number of hydrogen-bond donors (Lipinski definition) is 2. The largest absolute Gasteiger partial charge is 0.396 e. The zero-order chi connectivity index (χ0) is 8.43.